The molecule has 7 heteroatoms. The van der Waals surface area contributed by atoms with E-state index >= 15 is 0 Å². The number of benzene rings is 2. The Morgan fingerprint density at radius 3 is 2.72 bits per heavy atom. The lowest BCUT2D eigenvalue weighted by molar-refractivity contribution is -0.122. The maximum Gasteiger partial charge on any atom is 0.231 e. The summed E-state index contributed by atoms with van der Waals surface area (Å²) in [5, 5.41) is 4.01. The normalized spacial score (nSPS) is 17.2. The van der Waals surface area contributed by atoms with E-state index in [1.807, 2.05) is 24.3 Å². The summed E-state index contributed by atoms with van der Waals surface area (Å²) in [6, 6.07) is 14.8. The standard InChI is InChI=1S/C18H14ClN3O2S/c19-12-5-7-13(8-6-12)22-10-11(9-16(22)23)17(24)21-18-20-14-3-1-2-4-15(14)25-18/h1-8,11H,9-10H2,(H,20,21,24)/t11-/m0/s1. The van der Waals surface area contributed by atoms with Crippen LogP contribution in [-0.2, 0) is 9.59 Å². The molecule has 126 valence electrons. The quantitative estimate of drug-likeness (QED) is 0.758. The molecule has 1 atom stereocenters. The Hall–Kier alpha value is -2.44. The number of hydrogen-bond donors (Lipinski definition) is 1. The molecule has 25 heavy (non-hydrogen) atoms. The van der Waals surface area contributed by atoms with Crippen molar-refractivity contribution in [3.05, 3.63) is 53.6 Å². The van der Waals surface area contributed by atoms with Gasteiger partial charge in [0.2, 0.25) is 11.8 Å². The van der Waals surface area contributed by atoms with Crippen molar-refractivity contribution >= 4 is 55.8 Å². The van der Waals surface area contributed by atoms with Crippen molar-refractivity contribution in [1.29, 1.82) is 0 Å². The fourth-order valence-corrected chi connectivity index (χ4v) is 3.88. The van der Waals surface area contributed by atoms with E-state index < -0.39 is 5.92 Å². The van der Waals surface area contributed by atoms with Gasteiger partial charge in [-0.2, -0.15) is 0 Å². The second-order valence-electron chi connectivity index (χ2n) is 5.86. The van der Waals surface area contributed by atoms with E-state index in [-0.39, 0.29) is 18.2 Å². The zero-order valence-electron chi connectivity index (χ0n) is 13.1. The van der Waals surface area contributed by atoms with Crippen molar-refractivity contribution in [3.8, 4) is 0 Å². The summed E-state index contributed by atoms with van der Waals surface area (Å²) in [7, 11) is 0. The topological polar surface area (TPSA) is 62.3 Å². The van der Waals surface area contributed by atoms with Crippen molar-refractivity contribution < 1.29 is 9.59 Å². The van der Waals surface area contributed by atoms with Gasteiger partial charge in [0.25, 0.3) is 0 Å². The van der Waals surface area contributed by atoms with Crippen LogP contribution < -0.4 is 10.2 Å². The second-order valence-corrected chi connectivity index (χ2v) is 7.32. The van der Waals surface area contributed by atoms with Gasteiger partial charge in [0.05, 0.1) is 16.1 Å². The number of amides is 2. The van der Waals surface area contributed by atoms with E-state index in [0.29, 0.717) is 16.7 Å². The number of para-hydroxylation sites is 1. The molecule has 3 aromatic rings. The summed E-state index contributed by atoms with van der Waals surface area (Å²) >= 11 is 7.31. The summed E-state index contributed by atoms with van der Waals surface area (Å²) in [6.07, 6.45) is 0.194. The minimum atomic E-state index is -0.393. The third-order valence-electron chi connectivity index (χ3n) is 4.16. The van der Waals surface area contributed by atoms with Gasteiger partial charge in [-0.25, -0.2) is 4.98 Å². The molecule has 2 heterocycles. The number of thiazole rings is 1. The van der Waals surface area contributed by atoms with Gasteiger partial charge in [-0.1, -0.05) is 35.1 Å². The maximum atomic E-state index is 12.5. The predicted octanol–water partition coefficient (Wildman–Crippen LogP) is 3.94. The highest BCUT2D eigenvalue weighted by Crippen LogP contribution is 2.29. The van der Waals surface area contributed by atoms with Crippen LogP contribution in [0.25, 0.3) is 10.2 Å². The van der Waals surface area contributed by atoms with Crippen LogP contribution >= 0.6 is 22.9 Å². The molecule has 0 radical (unpaired) electrons. The predicted molar refractivity (Wildman–Crippen MR) is 100 cm³/mol. The molecule has 1 N–H and O–H groups in total. The number of fused-ring (bicyclic) bond motifs is 1. The molecule has 0 spiro atoms. The fraction of sp³-hybridized carbons (Fsp3) is 0.167. The lowest BCUT2D eigenvalue weighted by Gasteiger charge is -2.16. The third kappa shape index (κ3) is 3.23. The van der Waals surface area contributed by atoms with E-state index in [4.69, 9.17) is 11.6 Å². The molecule has 1 aliphatic heterocycles. The molecule has 1 fully saturated rings. The minimum Gasteiger partial charge on any atom is -0.312 e. The molecule has 0 bridgehead atoms. The van der Waals surface area contributed by atoms with Gasteiger partial charge < -0.3 is 10.2 Å². The van der Waals surface area contributed by atoms with Gasteiger partial charge in [0, 0.05) is 23.7 Å². The van der Waals surface area contributed by atoms with Crippen LogP contribution in [-0.4, -0.2) is 23.3 Å². The first-order valence-electron chi connectivity index (χ1n) is 7.82. The largest absolute Gasteiger partial charge is 0.312 e. The monoisotopic (exact) mass is 371 g/mol. The summed E-state index contributed by atoms with van der Waals surface area (Å²) < 4.78 is 1.02. The zero-order valence-corrected chi connectivity index (χ0v) is 14.7. The molecule has 5 nitrogen and oxygen atoms in total. The molecule has 2 aromatic carbocycles. The van der Waals surface area contributed by atoms with E-state index in [9.17, 15) is 9.59 Å². The SMILES string of the molecule is O=C(Nc1nc2ccccc2s1)[C@H]1CC(=O)N(c2ccc(Cl)cc2)C1. The highest BCUT2D eigenvalue weighted by atomic mass is 35.5. The number of nitrogens with zero attached hydrogens (tertiary/aromatic N) is 2. The maximum absolute atomic E-state index is 12.5. The molecule has 2 amide bonds. The molecule has 1 aromatic heterocycles. The molecule has 0 saturated carbocycles. The van der Waals surface area contributed by atoms with Gasteiger partial charge in [-0.05, 0) is 36.4 Å². The van der Waals surface area contributed by atoms with Gasteiger partial charge in [0.1, 0.15) is 0 Å². The Balaban J connectivity index is 1.47. The summed E-state index contributed by atoms with van der Waals surface area (Å²) in [5.74, 6) is -0.633. The average Bonchev–Trinajstić information content (AvgIpc) is 3.18. The molecule has 0 unspecified atom stereocenters. The molecule has 1 aliphatic rings. The lowest BCUT2D eigenvalue weighted by atomic mass is 10.1. The second kappa shape index (κ2) is 6.46. The van der Waals surface area contributed by atoms with Crippen LogP contribution in [0.3, 0.4) is 0 Å². The number of nitrogens with one attached hydrogen (secondary N) is 1. The fourth-order valence-electron chi connectivity index (χ4n) is 2.89. The van der Waals surface area contributed by atoms with Crippen LogP contribution in [0.5, 0.6) is 0 Å². The highest BCUT2D eigenvalue weighted by Gasteiger charge is 2.35. The van der Waals surface area contributed by atoms with Crippen molar-refractivity contribution in [1.82, 2.24) is 4.98 Å². The third-order valence-corrected chi connectivity index (χ3v) is 5.36. The zero-order chi connectivity index (χ0) is 17.4. The summed E-state index contributed by atoms with van der Waals surface area (Å²) in [5.41, 5.74) is 1.61. The Morgan fingerprint density at radius 2 is 1.96 bits per heavy atom. The Morgan fingerprint density at radius 1 is 1.20 bits per heavy atom. The Kier molecular flexibility index (Phi) is 4.15. The van der Waals surface area contributed by atoms with Crippen LogP contribution in [0.4, 0.5) is 10.8 Å². The van der Waals surface area contributed by atoms with Gasteiger partial charge >= 0.3 is 0 Å². The van der Waals surface area contributed by atoms with Gasteiger partial charge in [-0.3, -0.25) is 9.59 Å². The first-order valence-corrected chi connectivity index (χ1v) is 9.02. The van der Waals surface area contributed by atoms with Gasteiger partial charge in [0.15, 0.2) is 5.13 Å². The molecule has 0 aliphatic carbocycles. The molecular formula is C18H14ClN3O2S. The number of rotatable bonds is 3. The van der Waals surface area contributed by atoms with Gasteiger partial charge in [-0.15, -0.1) is 0 Å². The van der Waals surface area contributed by atoms with Crippen molar-refractivity contribution in [2.45, 2.75) is 6.42 Å². The van der Waals surface area contributed by atoms with E-state index in [2.05, 4.69) is 10.3 Å². The van der Waals surface area contributed by atoms with Crippen LogP contribution in [0.15, 0.2) is 48.5 Å². The van der Waals surface area contributed by atoms with Crippen LogP contribution in [0.1, 0.15) is 6.42 Å². The number of carbonyl (C=O) groups excluding carboxylic acids is 2. The van der Waals surface area contributed by atoms with Crippen molar-refractivity contribution in [2.24, 2.45) is 5.92 Å². The first kappa shape index (κ1) is 16.1. The highest BCUT2D eigenvalue weighted by molar-refractivity contribution is 7.22. The number of hydrogen-bond acceptors (Lipinski definition) is 4. The van der Waals surface area contributed by atoms with Crippen LogP contribution in [0.2, 0.25) is 5.02 Å². The Labute approximate surface area is 153 Å². The average molecular weight is 372 g/mol. The molecule has 4 rings (SSSR count). The molecule has 1 saturated heterocycles. The van der Waals surface area contributed by atoms with Crippen molar-refractivity contribution in [2.75, 3.05) is 16.8 Å². The lowest BCUT2D eigenvalue weighted by Crippen LogP contribution is -2.28. The summed E-state index contributed by atoms with van der Waals surface area (Å²) in [6.45, 7) is 0.358. The number of aromatic nitrogens is 1. The van der Waals surface area contributed by atoms with Crippen LogP contribution in [0, 0.1) is 5.92 Å². The van der Waals surface area contributed by atoms with E-state index in [1.54, 1.807) is 29.2 Å². The van der Waals surface area contributed by atoms with Crippen molar-refractivity contribution in [3.63, 3.8) is 0 Å². The van der Waals surface area contributed by atoms with E-state index in [0.717, 1.165) is 15.9 Å². The minimum absolute atomic E-state index is 0.0632. The Bertz CT molecular complexity index is 921. The first-order chi connectivity index (χ1) is 12.1. The van der Waals surface area contributed by atoms with E-state index in [1.165, 1.54) is 11.3 Å². The summed E-state index contributed by atoms with van der Waals surface area (Å²) in [4.78, 5) is 30.8. The number of anilines is 2. The smallest absolute Gasteiger partial charge is 0.231 e. The number of carbonyl (C=O) groups is 2. The molecular weight excluding hydrogens is 358 g/mol. The number of halogens is 1.